The molecule has 1 atom stereocenters. The van der Waals surface area contributed by atoms with Crippen molar-refractivity contribution in [2.75, 3.05) is 32.8 Å². The number of hydrazone groups is 1. The Kier molecular flexibility index (Phi) is 10.0. The first kappa shape index (κ1) is 26.8. The molecule has 0 radical (unpaired) electrons. The summed E-state index contributed by atoms with van der Waals surface area (Å²) in [5.41, 5.74) is 4.27. The first-order valence-corrected chi connectivity index (χ1v) is 13.2. The Bertz CT molecular complexity index is 1190. The SMILES string of the molecule is O=C(NCCCC[C@H](C(=O)N/N=C/c1ccc(-c2cccc(Br)c2)o1)N1CCOCC1)c1ccccc1. The molecule has 8 nitrogen and oxygen atoms in total. The second kappa shape index (κ2) is 13.9. The van der Waals surface area contributed by atoms with Gasteiger partial charge in [0.15, 0.2) is 0 Å². The Hall–Kier alpha value is -3.27. The number of morpholine rings is 1. The molecule has 0 unspecified atom stereocenters. The van der Waals surface area contributed by atoms with Crippen LogP contribution < -0.4 is 10.7 Å². The van der Waals surface area contributed by atoms with Crippen LogP contribution in [0.4, 0.5) is 0 Å². The molecule has 0 bridgehead atoms. The highest BCUT2D eigenvalue weighted by molar-refractivity contribution is 9.10. The first-order valence-electron chi connectivity index (χ1n) is 12.4. The minimum Gasteiger partial charge on any atom is -0.455 e. The van der Waals surface area contributed by atoms with Gasteiger partial charge >= 0.3 is 0 Å². The van der Waals surface area contributed by atoms with Crippen molar-refractivity contribution in [1.82, 2.24) is 15.6 Å². The molecule has 0 spiro atoms. The summed E-state index contributed by atoms with van der Waals surface area (Å²) in [6.07, 6.45) is 3.74. The monoisotopic (exact) mass is 566 g/mol. The molecule has 4 rings (SSSR count). The maximum absolute atomic E-state index is 13.0. The van der Waals surface area contributed by atoms with Gasteiger partial charge in [-0.15, -0.1) is 0 Å². The van der Waals surface area contributed by atoms with Gasteiger partial charge < -0.3 is 14.5 Å². The zero-order valence-electron chi connectivity index (χ0n) is 20.6. The smallest absolute Gasteiger partial charge is 0.257 e. The number of nitrogens with one attached hydrogen (secondary N) is 2. The van der Waals surface area contributed by atoms with Crippen molar-refractivity contribution in [3.05, 3.63) is 82.5 Å². The fourth-order valence-corrected chi connectivity index (χ4v) is 4.58. The van der Waals surface area contributed by atoms with Gasteiger partial charge in [-0.1, -0.05) is 46.3 Å². The molecule has 0 aliphatic carbocycles. The number of nitrogens with zero attached hydrogens (tertiary/aromatic N) is 2. The van der Waals surface area contributed by atoms with Crippen molar-refractivity contribution < 1.29 is 18.7 Å². The summed E-state index contributed by atoms with van der Waals surface area (Å²) in [6.45, 7) is 3.15. The van der Waals surface area contributed by atoms with Crippen LogP contribution in [0.2, 0.25) is 0 Å². The number of hydrogen-bond donors (Lipinski definition) is 2. The molecule has 2 amide bonds. The second-order valence-corrected chi connectivity index (χ2v) is 9.64. The van der Waals surface area contributed by atoms with Gasteiger partial charge in [-0.2, -0.15) is 5.10 Å². The topological polar surface area (TPSA) is 96.2 Å². The van der Waals surface area contributed by atoms with Gasteiger partial charge in [-0.05, 0) is 55.7 Å². The average molecular weight is 567 g/mol. The predicted octanol–water partition coefficient (Wildman–Crippen LogP) is 4.46. The fraction of sp³-hybridized carbons (Fsp3) is 0.321. The maximum Gasteiger partial charge on any atom is 0.257 e. The van der Waals surface area contributed by atoms with E-state index in [-0.39, 0.29) is 17.9 Å². The molecule has 3 aromatic rings. The second-order valence-electron chi connectivity index (χ2n) is 8.73. The van der Waals surface area contributed by atoms with Gasteiger partial charge in [0, 0.05) is 35.2 Å². The molecule has 0 saturated carbocycles. The van der Waals surface area contributed by atoms with Crippen LogP contribution in [0.3, 0.4) is 0 Å². The summed E-state index contributed by atoms with van der Waals surface area (Å²) in [5.74, 6) is 1.02. The highest BCUT2D eigenvalue weighted by atomic mass is 79.9. The summed E-state index contributed by atoms with van der Waals surface area (Å²) in [5, 5.41) is 7.08. The summed E-state index contributed by atoms with van der Waals surface area (Å²) < 4.78 is 12.3. The third-order valence-electron chi connectivity index (χ3n) is 6.12. The molecule has 37 heavy (non-hydrogen) atoms. The van der Waals surface area contributed by atoms with Gasteiger partial charge in [0.05, 0.1) is 25.5 Å². The summed E-state index contributed by atoms with van der Waals surface area (Å²) in [6, 6.07) is 20.4. The molecule has 1 fully saturated rings. The van der Waals surface area contributed by atoms with Gasteiger partial charge in [-0.3, -0.25) is 14.5 Å². The van der Waals surface area contributed by atoms with Crippen molar-refractivity contribution in [3.8, 4) is 11.3 Å². The first-order chi connectivity index (χ1) is 18.1. The number of carbonyl (C=O) groups excluding carboxylic acids is 2. The summed E-state index contributed by atoms with van der Waals surface area (Å²) in [4.78, 5) is 27.4. The Morgan fingerprint density at radius 3 is 2.62 bits per heavy atom. The number of halogens is 1. The third kappa shape index (κ3) is 8.11. The molecule has 1 aliphatic rings. The van der Waals surface area contributed by atoms with Crippen LogP contribution in [0.1, 0.15) is 35.4 Å². The minimum absolute atomic E-state index is 0.0848. The number of carbonyl (C=O) groups is 2. The van der Waals surface area contributed by atoms with Crippen LogP contribution in [-0.2, 0) is 9.53 Å². The van der Waals surface area contributed by atoms with E-state index in [0.717, 1.165) is 28.6 Å². The lowest BCUT2D eigenvalue weighted by Gasteiger charge is -2.33. The number of unbranched alkanes of at least 4 members (excludes halogenated alkanes) is 1. The molecular weight excluding hydrogens is 536 g/mol. The van der Waals surface area contributed by atoms with E-state index in [1.54, 1.807) is 12.1 Å². The number of furan rings is 1. The van der Waals surface area contributed by atoms with Crippen molar-refractivity contribution in [1.29, 1.82) is 0 Å². The summed E-state index contributed by atoms with van der Waals surface area (Å²) >= 11 is 3.47. The van der Waals surface area contributed by atoms with Crippen molar-refractivity contribution in [3.63, 3.8) is 0 Å². The van der Waals surface area contributed by atoms with E-state index < -0.39 is 0 Å². The molecular formula is C28H31BrN4O4. The fourth-order valence-electron chi connectivity index (χ4n) is 4.18. The van der Waals surface area contributed by atoms with Crippen LogP contribution in [0.5, 0.6) is 0 Å². The van der Waals surface area contributed by atoms with Crippen LogP contribution in [-0.4, -0.2) is 61.8 Å². The van der Waals surface area contributed by atoms with E-state index in [9.17, 15) is 9.59 Å². The van der Waals surface area contributed by atoms with Gasteiger partial charge in [0.25, 0.3) is 11.8 Å². The standard InChI is InChI=1S/C28H31BrN4O4/c29-23-10-6-9-22(19-23)26-13-12-24(37-26)20-31-32-28(35)25(33-15-17-36-18-16-33)11-4-5-14-30-27(34)21-7-2-1-3-8-21/h1-3,6-10,12-13,19-20,25H,4-5,11,14-18H2,(H,30,34)(H,32,35)/b31-20+/t25-/m1/s1. The average Bonchev–Trinajstić information content (AvgIpc) is 3.40. The Labute approximate surface area is 225 Å². The molecule has 9 heteroatoms. The van der Waals surface area contributed by atoms with Gasteiger partial charge in [0.1, 0.15) is 11.5 Å². The maximum atomic E-state index is 13.0. The van der Waals surface area contributed by atoms with E-state index in [1.807, 2.05) is 54.6 Å². The van der Waals surface area contributed by atoms with Crippen LogP contribution in [0.25, 0.3) is 11.3 Å². The number of hydrogen-bond acceptors (Lipinski definition) is 6. The number of amides is 2. The Balaban J connectivity index is 1.27. The van der Waals surface area contributed by atoms with Gasteiger partial charge in [-0.25, -0.2) is 5.43 Å². The van der Waals surface area contributed by atoms with E-state index >= 15 is 0 Å². The Morgan fingerprint density at radius 1 is 1.03 bits per heavy atom. The quantitative estimate of drug-likeness (QED) is 0.203. The number of benzene rings is 2. The number of ether oxygens (including phenoxy) is 1. The van der Waals surface area contributed by atoms with Crippen LogP contribution in [0, 0.1) is 0 Å². The molecule has 194 valence electrons. The van der Waals surface area contributed by atoms with Crippen molar-refractivity contribution in [2.45, 2.75) is 25.3 Å². The van der Waals surface area contributed by atoms with E-state index in [0.29, 0.717) is 50.6 Å². The largest absolute Gasteiger partial charge is 0.455 e. The number of rotatable bonds is 11. The highest BCUT2D eigenvalue weighted by Gasteiger charge is 2.27. The highest BCUT2D eigenvalue weighted by Crippen LogP contribution is 2.24. The normalized spacial score (nSPS) is 14.9. The van der Waals surface area contributed by atoms with Gasteiger partial charge in [0.2, 0.25) is 0 Å². The van der Waals surface area contributed by atoms with E-state index in [2.05, 4.69) is 36.7 Å². The molecule has 1 aromatic heterocycles. The lowest BCUT2D eigenvalue weighted by atomic mass is 10.1. The molecule has 2 N–H and O–H groups in total. The molecule has 1 aliphatic heterocycles. The van der Waals surface area contributed by atoms with Crippen molar-refractivity contribution in [2.24, 2.45) is 5.10 Å². The zero-order chi connectivity index (χ0) is 25.9. The predicted molar refractivity (Wildman–Crippen MR) is 146 cm³/mol. The lowest BCUT2D eigenvalue weighted by molar-refractivity contribution is -0.128. The molecule has 2 aromatic carbocycles. The molecule has 2 heterocycles. The summed E-state index contributed by atoms with van der Waals surface area (Å²) in [7, 11) is 0. The van der Waals surface area contributed by atoms with Crippen LogP contribution in [0.15, 0.2) is 80.7 Å². The Morgan fingerprint density at radius 2 is 1.84 bits per heavy atom. The third-order valence-corrected chi connectivity index (χ3v) is 6.61. The van der Waals surface area contributed by atoms with E-state index in [1.165, 1.54) is 6.21 Å². The molecule has 1 saturated heterocycles. The van der Waals surface area contributed by atoms with E-state index in [4.69, 9.17) is 9.15 Å². The van der Waals surface area contributed by atoms with Crippen molar-refractivity contribution >= 4 is 34.0 Å². The minimum atomic E-state index is -0.320. The zero-order valence-corrected chi connectivity index (χ0v) is 22.2. The lowest BCUT2D eigenvalue weighted by Crippen LogP contribution is -2.50. The van der Waals surface area contributed by atoms with Crippen LogP contribution >= 0.6 is 15.9 Å².